The molecule has 0 bridgehead atoms. The fourth-order valence-corrected chi connectivity index (χ4v) is 5.34. The van der Waals surface area contributed by atoms with E-state index in [9.17, 15) is 4.79 Å². The number of hydrogen-bond acceptors (Lipinski definition) is 2. The van der Waals surface area contributed by atoms with Gasteiger partial charge in [0.1, 0.15) is 11.5 Å². The molecule has 1 atom stereocenters. The largest absolute Gasteiger partial charge is 0.492 e. The van der Waals surface area contributed by atoms with E-state index in [1.165, 1.54) is 24.3 Å². The van der Waals surface area contributed by atoms with Crippen LogP contribution in [0.25, 0.3) is 0 Å². The molecule has 0 aromatic heterocycles. The van der Waals surface area contributed by atoms with Gasteiger partial charge in [-0.05, 0) is 30.2 Å². The summed E-state index contributed by atoms with van der Waals surface area (Å²) in [6.45, 7) is 2.95. The second kappa shape index (κ2) is 6.48. The van der Waals surface area contributed by atoms with Gasteiger partial charge < -0.3 is 4.74 Å². The SMILES string of the molecule is CCCCOC1=CC(=O)CCC1[S+]1CCCC1. The van der Waals surface area contributed by atoms with Gasteiger partial charge in [-0.1, -0.05) is 13.3 Å². The first-order chi connectivity index (χ1) is 8.31. The number of ketones is 1. The van der Waals surface area contributed by atoms with E-state index in [2.05, 4.69) is 6.92 Å². The van der Waals surface area contributed by atoms with Crippen LogP contribution in [0, 0.1) is 0 Å². The van der Waals surface area contributed by atoms with E-state index in [1.807, 2.05) is 0 Å². The molecule has 0 radical (unpaired) electrons. The number of rotatable bonds is 5. The van der Waals surface area contributed by atoms with Crippen LogP contribution in [0.3, 0.4) is 0 Å². The molecule has 0 N–H and O–H groups in total. The van der Waals surface area contributed by atoms with Gasteiger partial charge in [-0.15, -0.1) is 0 Å². The monoisotopic (exact) mass is 255 g/mol. The summed E-state index contributed by atoms with van der Waals surface area (Å²) in [6, 6.07) is 0. The molecule has 2 nitrogen and oxygen atoms in total. The molecule has 0 aromatic rings. The Labute approximate surface area is 107 Å². The minimum Gasteiger partial charge on any atom is -0.492 e. The Morgan fingerprint density at radius 3 is 2.88 bits per heavy atom. The maximum absolute atomic E-state index is 11.5. The van der Waals surface area contributed by atoms with Gasteiger partial charge in [0.2, 0.25) is 0 Å². The summed E-state index contributed by atoms with van der Waals surface area (Å²) < 4.78 is 5.87. The maximum atomic E-state index is 11.5. The van der Waals surface area contributed by atoms with Crippen molar-refractivity contribution in [2.24, 2.45) is 0 Å². The minimum absolute atomic E-state index is 0.260. The predicted octanol–water partition coefficient (Wildman–Crippen LogP) is 2.83. The summed E-state index contributed by atoms with van der Waals surface area (Å²) in [5.41, 5.74) is 0. The maximum Gasteiger partial charge on any atom is 0.175 e. The van der Waals surface area contributed by atoms with Crippen LogP contribution >= 0.6 is 0 Å². The van der Waals surface area contributed by atoms with Crippen molar-refractivity contribution in [3.05, 3.63) is 11.8 Å². The third kappa shape index (κ3) is 3.51. The Kier molecular flexibility index (Phi) is 4.96. The average Bonchev–Trinajstić information content (AvgIpc) is 2.83. The first kappa shape index (κ1) is 13.0. The lowest BCUT2D eigenvalue weighted by molar-refractivity contribution is -0.115. The molecule has 1 heterocycles. The molecule has 0 saturated carbocycles. The fraction of sp³-hybridized carbons (Fsp3) is 0.786. The lowest BCUT2D eigenvalue weighted by atomic mass is 10.0. The highest BCUT2D eigenvalue weighted by Gasteiger charge is 2.39. The second-order valence-corrected chi connectivity index (χ2v) is 7.36. The standard InChI is InChI=1S/C14H23O2S/c1-2-3-8-16-13-11-12(15)6-7-14(13)17-9-4-5-10-17/h11,14H,2-10H2,1H3/q+1. The third-order valence-electron chi connectivity index (χ3n) is 3.51. The van der Waals surface area contributed by atoms with Gasteiger partial charge >= 0.3 is 0 Å². The molecule has 1 aliphatic heterocycles. The molecule has 1 fully saturated rings. The van der Waals surface area contributed by atoms with E-state index in [1.54, 1.807) is 6.08 Å². The number of hydrogen-bond donors (Lipinski definition) is 0. The zero-order valence-electron chi connectivity index (χ0n) is 10.7. The van der Waals surface area contributed by atoms with Gasteiger partial charge in [0, 0.05) is 18.9 Å². The van der Waals surface area contributed by atoms with Crippen molar-refractivity contribution in [1.29, 1.82) is 0 Å². The average molecular weight is 255 g/mol. The molecule has 0 spiro atoms. The van der Waals surface area contributed by atoms with Crippen molar-refractivity contribution in [2.45, 2.75) is 50.7 Å². The summed E-state index contributed by atoms with van der Waals surface area (Å²) in [4.78, 5) is 11.5. The molecule has 2 aliphatic rings. The summed E-state index contributed by atoms with van der Waals surface area (Å²) in [7, 11) is 0.490. The lowest BCUT2D eigenvalue weighted by Gasteiger charge is -2.22. The molecule has 1 saturated heterocycles. The first-order valence-electron chi connectivity index (χ1n) is 6.84. The molecular weight excluding hydrogens is 232 g/mol. The molecule has 17 heavy (non-hydrogen) atoms. The number of ether oxygens (including phenoxy) is 1. The summed E-state index contributed by atoms with van der Waals surface area (Å²) >= 11 is 0. The highest BCUT2D eigenvalue weighted by atomic mass is 32.2. The Bertz CT molecular complexity index is 293. The van der Waals surface area contributed by atoms with Crippen LogP contribution in [-0.4, -0.2) is 29.1 Å². The highest BCUT2D eigenvalue weighted by molar-refractivity contribution is 7.97. The molecule has 96 valence electrons. The van der Waals surface area contributed by atoms with E-state index in [4.69, 9.17) is 4.74 Å². The zero-order valence-corrected chi connectivity index (χ0v) is 11.6. The van der Waals surface area contributed by atoms with E-state index in [0.717, 1.165) is 38.0 Å². The number of carbonyl (C=O) groups excluding carboxylic acids is 1. The zero-order chi connectivity index (χ0) is 12.1. The lowest BCUT2D eigenvalue weighted by Crippen LogP contribution is -2.30. The predicted molar refractivity (Wildman–Crippen MR) is 73.3 cm³/mol. The molecule has 0 aromatic carbocycles. The Morgan fingerprint density at radius 1 is 1.41 bits per heavy atom. The molecule has 3 heteroatoms. The van der Waals surface area contributed by atoms with Crippen molar-refractivity contribution in [1.82, 2.24) is 0 Å². The van der Waals surface area contributed by atoms with Crippen molar-refractivity contribution in [3.8, 4) is 0 Å². The van der Waals surface area contributed by atoms with Gasteiger partial charge in [-0.3, -0.25) is 4.79 Å². The van der Waals surface area contributed by atoms with Gasteiger partial charge in [0.05, 0.1) is 6.61 Å². The molecule has 1 aliphatic carbocycles. The van der Waals surface area contributed by atoms with Crippen LogP contribution in [0.5, 0.6) is 0 Å². The topological polar surface area (TPSA) is 26.3 Å². The van der Waals surface area contributed by atoms with Gasteiger partial charge in [-0.25, -0.2) is 0 Å². The Morgan fingerprint density at radius 2 is 2.18 bits per heavy atom. The molecule has 2 rings (SSSR count). The van der Waals surface area contributed by atoms with Crippen molar-refractivity contribution in [3.63, 3.8) is 0 Å². The van der Waals surface area contributed by atoms with Crippen LogP contribution < -0.4 is 0 Å². The number of unbranched alkanes of at least 4 members (excludes halogenated alkanes) is 1. The third-order valence-corrected chi connectivity index (χ3v) is 6.40. The highest BCUT2D eigenvalue weighted by Crippen LogP contribution is 2.30. The van der Waals surface area contributed by atoms with E-state index >= 15 is 0 Å². The van der Waals surface area contributed by atoms with E-state index in [-0.39, 0.29) is 5.78 Å². The molecule has 1 unspecified atom stereocenters. The van der Waals surface area contributed by atoms with Gasteiger partial charge in [0.15, 0.2) is 16.8 Å². The molecule has 0 amide bonds. The van der Waals surface area contributed by atoms with Crippen LogP contribution in [0.4, 0.5) is 0 Å². The Balaban J connectivity index is 1.97. The smallest absolute Gasteiger partial charge is 0.175 e. The van der Waals surface area contributed by atoms with Crippen LogP contribution in [0.2, 0.25) is 0 Å². The van der Waals surface area contributed by atoms with Crippen molar-refractivity contribution in [2.75, 3.05) is 18.1 Å². The first-order valence-corrected chi connectivity index (χ1v) is 8.47. The quantitative estimate of drug-likeness (QED) is 0.558. The van der Waals surface area contributed by atoms with Crippen molar-refractivity contribution < 1.29 is 9.53 Å². The second-order valence-electron chi connectivity index (χ2n) is 4.90. The number of allylic oxidation sites excluding steroid dienone is 1. The summed E-state index contributed by atoms with van der Waals surface area (Å²) in [6.07, 6.45) is 8.53. The van der Waals surface area contributed by atoms with Crippen LogP contribution in [0.1, 0.15) is 45.4 Å². The summed E-state index contributed by atoms with van der Waals surface area (Å²) in [5, 5.41) is 0.562. The fourth-order valence-electron chi connectivity index (χ4n) is 2.50. The van der Waals surface area contributed by atoms with E-state index < -0.39 is 0 Å². The van der Waals surface area contributed by atoms with Gasteiger partial charge in [-0.2, -0.15) is 0 Å². The van der Waals surface area contributed by atoms with Crippen LogP contribution in [-0.2, 0) is 20.4 Å². The number of carbonyl (C=O) groups is 1. The van der Waals surface area contributed by atoms with Crippen LogP contribution in [0.15, 0.2) is 11.8 Å². The van der Waals surface area contributed by atoms with E-state index in [0.29, 0.717) is 16.1 Å². The minimum atomic E-state index is 0.260. The van der Waals surface area contributed by atoms with Gasteiger partial charge in [0.25, 0.3) is 0 Å². The molecular formula is C14H23O2S+. The summed E-state index contributed by atoms with van der Waals surface area (Å²) in [5.74, 6) is 3.98. The van der Waals surface area contributed by atoms with Crippen molar-refractivity contribution >= 4 is 16.7 Å². The Hall–Kier alpha value is -0.440. The normalized spacial score (nSPS) is 26.1.